The number of nitrogens with one attached hydrogen (secondary N) is 1. The van der Waals surface area contributed by atoms with Gasteiger partial charge < -0.3 is 14.7 Å². The number of hydrogen-bond donors (Lipinski definition) is 1. The van der Waals surface area contributed by atoms with E-state index in [0.29, 0.717) is 37.0 Å². The molecule has 0 bridgehead atoms. The highest BCUT2D eigenvalue weighted by molar-refractivity contribution is 5.74. The lowest BCUT2D eigenvalue weighted by atomic mass is 10.3. The van der Waals surface area contributed by atoms with Crippen molar-refractivity contribution in [1.29, 1.82) is 0 Å². The molecule has 2 aromatic rings. The van der Waals surface area contributed by atoms with Gasteiger partial charge in [-0.15, -0.1) is 0 Å². The standard InChI is InChI=1S/C11H12N6O2.C3H8/c18-11-14-2-1-5-17(11)7-9-15-10(16-19-9)8-6-12-3-4-13-8;1-3-2/h3-4,6H,1-2,5,7H2,(H,14,18);3H2,1-2H3. The smallest absolute Gasteiger partial charge is 0.317 e. The van der Waals surface area contributed by atoms with Gasteiger partial charge in [-0.25, -0.2) is 9.78 Å². The fourth-order valence-corrected chi connectivity index (χ4v) is 1.83. The van der Waals surface area contributed by atoms with E-state index in [1.165, 1.54) is 6.42 Å². The Morgan fingerprint density at radius 3 is 2.86 bits per heavy atom. The van der Waals surface area contributed by atoms with Gasteiger partial charge in [0.25, 0.3) is 0 Å². The van der Waals surface area contributed by atoms with Crippen LogP contribution in [-0.2, 0) is 6.54 Å². The number of carbonyl (C=O) groups is 1. The molecule has 3 heterocycles. The van der Waals surface area contributed by atoms with Crippen molar-refractivity contribution in [2.45, 2.75) is 33.2 Å². The van der Waals surface area contributed by atoms with E-state index in [-0.39, 0.29) is 6.03 Å². The van der Waals surface area contributed by atoms with E-state index in [1.807, 2.05) is 0 Å². The van der Waals surface area contributed by atoms with E-state index in [9.17, 15) is 4.79 Å². The Bertz CT molecular complexity index is 586. The molecule has 1 N–H and O–H groups in total. The monoisotopic (exact) mass is 304 g/mol. The summed E-state index contributed by atoms with van der Waals surface area (Å²) in [6, 6.07) is -0.106. The lowest BCUT2D eigenvalue weighted by molar-refractivity contribution is 0.174. The van der Waals surface area contributed by atoms with Gasteiger partial charge in [-0.05, 0) is 6.42 Å². The zero-order valence-electron chi connectivity index (χ0n) is 12.8. The van der Waals surface area contributed by atoms with Crippen LogP contribution in [0.2, 0.25) is 0 Å². The van der Waals surface area contributed by atoms with E-state index in [0.717, 1.165) is 6.42 Å². The third-order valence-electron chi connectivity index (χ3n) is 2.75. The topological polar surface area (TPSA) is 97.0 Å². The molecule has 1 saturated heterocycles. The minimum absolute atomic E-state index is 0.106. The molecule has 1 aliphatic heterocycles. The molecule has 1 aliphatic rings. The SMILES string of the molecule is CCC.O=C1NCCCN1Cc1nc(-c2cnccn2)no1. The first-order valence-electron chi connectivity index (χ1n) is 7.36. The van der Waals surface area contributed by atoms with Gasteiger partial charge in [0.15, 0.2) is 0 Å². The first-order valence-corrected chi connectivity index (χ1v) is 7.36. The molecule has 0 unspecified atom stereocenters. The molecule has 0 atom stereocenters. The predicted octanol–water partition coefficient (Wildman–Crippen LogP) is 1.86. The molecule has 0 aromatic carbocycles. The predicted molar refractivity (Wildman–Crippen MR) is 79.7 cm³/mol. The van der Waals surface area contributed by atoms with Crippen molar-refractivity contribution in [3.05, 3.63) is 24.5 Å². The Balaban J connectivity index is 0.000000545. The molecule has 3 rings (SSSR count). The van der Waals surface area contributed by atoms with Crippen LogP contribution in [-0.4, -0.2) is 44.1 Å². The van der Waals surface area contributed by atoms with E-state index < -0.39 is 0 Å². The molecule has 0 saturated carbocycles. The van der Waals surface area contributed by atoms with Crippen molar-refractivity contribution in [3.63, 3.8) is 0 Å². The summed E-state index contributed by atoms with van der Waals surface area (Å²) in [6.45, 7) is 5.96. The minimum Gasteiger partial charge on any atom is -0.338 e. The molecule has 8 heteroatoms. The first-order chi connectivity index (χ1) is 10.7. The van der Waals surface area contributed by atoms with Gasteiger partial charge in [-0.3, -0.25) is 4.98 Å². The second-order valence-corrected chi connectivity index (χ2v) is 4.82. The maximum absolute atomic E-state index is 11.6. The molecule has 0 radical (unpaired) electrons. The number of urea groups is 1. The number of carbonyl (C=O) groups excluding carboxylic acids is 1. The zero-order chi connectivity index (χ0) is 15.8. The van der Waals surface area contributed by atoms with E-state index in [4.69, 9.17) is 4.52 Å². The van der Waals surface area contributed by atoms with Crippen LogP contribution in [0.25, 0.3) is 11.5 Å². The van der Waals surface area contributed by atoms with Crippen LogP contribution >= 0.6 is 0 Å². The Labute approximate surface area is 129 Å². The van der Waals surface area contributed by atoms with Gasteiger partial charge in [0.1, 0.15) is 12.2 Å². The van der Waals surface area contributed by atoms with Crippen LogP contribution in [0, 0.1) is 0 Å². The number of hydrogen-bond acceptors (Lipinski definition) is 6. The van der Waals surface area contributed by atoms with Crippen molar-refractivity contribution in [3.8, 4) is 11.5 Å². The summed E-state index contributed by atoms with van der Waals surface area (Å²) in [7, 11) is 0. The fourth-order valence-electron chi connectivity index (χ4n) is 1.83. The van der Waals surface area contributed by atoms with Gasteiger partial charge in [-0.2, -0.15) is 4.98 Å². The van der Waals surface area contributed by atoms with Crippen LogP contribution < -0.4 is 5.32 Å². The largest absolute Gasteiger partial charge is 0.338 e. The average Bonchev–Trinajstić information content (AvgIpc) is 3.00. The van der Waals surface area contributed by atoms with Crippen molar-refractivity contribution in [1.82, 2.24) is 30.3 Å². The molecular formula is C14H20N6O2. The van der Waals surface area contributed by atoms with Crippen LogP contribution in [0.3, 0.4) is 0 Å². The lowest BCUT2D eigenvalue weighted by Gasteiger charge is -2.25. The summed E-state index contributed by atoms with van der Waals surface area (Å²) in [5.41, 5.74) is 0.542. The molecule has 0 spiro atoms. The molecule has 118 valence electrons. The first kappa shape index (κ1) is 15.9. The normalized spacial score (nSPS) is 14.1. The summed E-state index contributed by atoms with van der Waals surface area (Å²) < 4.78 is 5.12. The highest BCUT2D eigenvalue weighted by Gasteiger charge is 2.20. The molecule has 1 fully saturated rings. The summed E-state index contributed by atoms with van der Waals surface area (Å²) in [5, 5.41) is 6.60. The Morgan fingerprint density at radius 1 is 1.36 bits per heavy atom. The van der Waals surface area contributed by atoms with Gasteiger partial charge >= 0.3 is 6.03 Å². The van der Waals surface area contributed by atoms with Crippen molar-refractivity contribution >= 4 is 6.03 Å². The van der Waals surface area contributed by atoms with Crippen molar-refractivity contribution in [2.24, 2.45) is 0 Å². The van der Waals surface area contributed by atoms with E-state index in [2.05, 4.69) is 39.3 Å². The summed E-state index contributed by atoms with van der Waals surface area (Å²) >= 11 is 0. The average molecular weight is 304 g/mol. The van der Waals surface area contributed by atoms with Crippen molar-refractivity contribution in [2.75, 3.05) is 13.1 Å². The highest BCUT2D eigenvalue weighted by atomic mass is 16.5. The molecule has 0 aliphatic carbocycles. The maximum atomic E-state index is 11.6. The third kappa shape index (κ3) is 4.24. The number of nitrogens with zero attached hydrogens (tertiary/aromatic N) is 5. The molecule has 8 nitrogen and oxygen atoms in total. The van der Waals surface area contributed by atoms with Crippen LogP contribution in [0.15, 0.2) is 23.1 Å². The van der Waals surface area contributed by atoms with E-state index in [1.54, 1.807) is 23.5 Å². The van der Waals surface area contributed by atoms with Crippen LogP contribution in [0.4, 0.5) is 4.79 Å². The second kappa shape index (κ2) is 8.06. The fraction of sp³-hybridized carbons (Fsp3) is 0.500. The Kier molecular flexibility index (Phi) is 5.81. The molecule has 22 heavy (non-hydrogen) atoms. The number of rotatable bonds is 3. The summed E-state index contributed by atoms with van der Waals surface area (Å²) in [4.78, 5) is 25.4. The van der Waals surface area contributed by atoms with Crippen LogP contribution in [0.1, 0.15) is 32.6 Å². The summed E-state index contributed by atoms with van der Waals surface area (Å²) in [5.74, 6) is 0.762. The molecular weight excluding hydrogens is 284 g/mol. The zero-order valence-corrected chi connectivity index (χ0v) is 12.8. The Hall–Kier alpha value is -2.51. The van der Waals surface area contributed by atoms with Gasteiger partial charge in [-0.1, -0.05) is 25.4 Å². The lowest BCUT2D eigenvalue weighted by Crippen LogP contribution is -2.45. The molecule has 2 aromatic heterocycles. The van der Waals surface area contributed by atoms with Gasteiger partial charge in [0.2, 0.25) is 11.7 Å². The second-order valence-electron chi connectivity index (χ2n) is 4.82. The molecule has 2 amide bonds. The number of amides is 2. The quantitative estimate of drug-likeness (QED) is 0.929. The third-order valence-corrected chi connectivity index (χ3v) is 2.75. The Morgan fingerprint density at radius 2 is 2.18 bits per heavy atom. The number of aromatic nitrogens is 4. The van der Waals surface area contributed by atoms with Crippen molar-refractivity contribution < 1.29 is 9.32 Å². The van der Waals surface area contributed by atoms with E-state index >= 15 is 0 Å². The van der Waals surface area contributed by atoms with Gasteiger partial charge in [0.05, 0.1) is 6.20 Å². The maximum Gasteiger partial charge on any atom is 0.317 e. The van der Waals surface area contributed by atoms with Gasteiger partial charge in [0, 0.05) is 25.5 Å². The summed E-state index contributed by atoms with van der Waals surface area (Å²) in [6.07, 6.45) is 6.85. The highest BCUT2D eigenvalue weighted by Crippen LogP contribution is 2.13. The van der Waals surface area contributed by atoms with Crippen LogP contribution in [0.5, 0.6) is 0 Å². The minimum atomic E-state index is -0.106.